The summed E-state index contributed by atoms with van der Waals surface area (Å²) in [5.74, 6) is 1.41. The molecular formula is C18H23NO3S. The van der Waals surface area contributed by atoms with Crippen LogP contribution in [0, 0.1) is 5.92 Å². The van der Waals surface area contributed by atoms with E-state index < -0.39 is 6.10 Å². The van der Waals surface area contributed by atoms with Gasteiger partial charge in [0.05, 0.1) is 18.1 Å². The molecule has 1 aromatic heterocycles. The minimum absolute atomic E-state index is 0.0495. The van der Waals surface area contributed by atoms with E-state index in [1.165, 1.54) is 11.8 Å². The van der Waals surface area contributed by atoms with E-state index in [9.17, 15) is 9.90 Å². The van der Waals surface area contributed by atoms with Gasteiger partial charge >= 0.3 is 0 Å². The van der Waals surface area contributed by atoms with Gasteiger partial charge in [-0.3, -0.25) is 4.79 Å². The third kappa shape index (κ3) is 5.44. The zero-order valence-electron chi connectivity index (χ0n) is 13.4. The Morgan fingerprint density at radius 3 is 2.57 bits per heavy atom. The smallest absolute Gasteiger partial charge is 0.233 e. The fraction of sp³-hybridized carbons (Fsp3) is 0.389. The monoisotopic (exact) mass is 333 g/mol. The third-order valence-corrected chi connectivity index (χ3v) is 5.10. The number of aliphatic hydroxyl groups excluding tert-OH is 1. The Morgan fingerprint density at radius 1 is 1.22 bits per heavy atom. The first-order chi connectivity index (χ1) is 11.1. The third-order valence-electron chi connectivity index (χ3n) is 3.48. The summed E-state index contributed by atoms with van der Waals surface area (Å²) in [6.07, 6.45) is 0.688. The van der Waals surface area contributed by atoms with E-state index in [1.807, 2.05) is 32.0 Å². The molecule has 2 aromatic rings. The van der Waals surface area contributed by atoms with Gasteiger partial charge in [0.1, 0.15) is 11.9 Å². The summed E-state index contributed by atoms with van der Waals surface area (Å²) in [6, 6.07) is 13.5. The lowest BCUT2D eigenvalue weighted by Gasteiger charge is -2.20. The first kappa shape index (κ1) is 17.6. The largest absolute Gasteiger partial charge is 0.467 e. The van der Waals surface area contributed by atoms with Crippen molar-refractivity contribution in [2.24, 2.45) is 5.92 Å². The molecule has 4 nitrogen and oxygen atoms in total. The van der Waals surface area contributed by atoms with Gasteiger partial charge in [0.15, 0.2) is 0 Å². The Hall–Kier alpha value is -1.72. The molecule has 2 atom stereocenters. The second kappa shape index (κ2) is 8.79. The van der Waals surface area contributed by atoms with Gasteiger partial charge in [-0.2, -0.15) is 0 Å². The maximum Gasteiger partial charge on any atom is 0.233 e. The molecule has 0 saturated carbocycles. The maximum atomic E-state index is 12.4. The van der Waals surface area contributed by atoms with Crippen molar-refractivity contribution in [2.45, 2.75) is 31.0 Å². The number of nitrogens with one attached hydrogen (secondary N) is 1. The summed E-state index contributed by atoms with van der Waals surface area (Å²) in [6.45, 7) is 4.22. The fourth-order valence-electron chi connectivity index (χ4n) is 2.21. The Bertz CT molecular complexity index is 584. The normalized spacial score (nSPS) is 13.7. The Balaban J connectivity index is 1.85. The molecule has 0 fully saturated rings. The standard InChI is InChI=1S/C18H23NO3S/c1-13(2)17(23-12-14-7-4-3-5-8-14)18(21)19-11-15(20)16-9-6-10-22-16/h3-10,13,15,17,20H,11-12H2,1-2H3,(H,19,21). The molecule has 0 bridgehead atoms. The second-order valence-corrected chi connectivity index (χ2v) is 6.87. The number of furan rings is 1. The van der Waals surface area contributed by atoms with Gasteiger partial charge < -0.3 is 14.8 Å². The van der Waals surface area contributed by atoms with E-state index in [1.54, 1.807) is 23.9 Å². The molecule has 23 heavy (non-hydrogen) atoms. The maximum absolute atomic E-state index is 12.4. The molecule has 1 amide bonds. The summed E-state index contributed by atoms with van der Waals surface area (Å²) >= 11 is 1.62. The highest BCUT2D eigenvalue weighted by atomic mass is 32.2. The minimum atomic E-state index is -0.819. The molecule has 0 aliphatic rings. The summed E-state index contributed by atoms with van der Waals surface area (Å²) < 4.78 is 5.13. The predicted molar refractivity (Wildman–Crippen MR) is 93.0 cm³/mol. The molecule has 0 spiro atoms. The van der Waals surface area contributed by atoms with Crippen LogP contribution in [0.3, 0.4) is 0 Å². The van der Waals surface area contributed by atoms with E-state index in [0.717, 1.165) is 5.75 Å². The second-order valence-electron chi connectivity index (χ2n) is 5.74. The molecule has 2 N–H and O–H groups in total. The van der Waals surface area contributed by atoms with Crippen LogP contribution in [0.5, 0.6) is 0 Å². The van der Waals surface area contributed by atoms with Gasteiger partial charge in [-0.25, -0.2) is 0 Å². The number of hydrogen-bond acceptors (Lipinski definition) is 4. The van der Waals surface area contributed by atoms with Crippen molar-refractivity contribution in [3.8, 4) is 0 Å². The predicted octanol–water partition coefficient (Wildman–Crippen LogP) is 3.39. The number of amides is 1. The number of carbonyl (C=O) groups excluding carboxylic acids is 1. The van der Waals surface area contributed by atoms with Crippen molar-refractivity contribution in [2.75, 3.05) is 6.54 Å². The minimum Gasteiger partial charge on any atom is -0.467 e. The molecule has 0 radical (unpaired) electrons. The van der Waals surface area contributed by atoms with Crippen LogP contribution >= 0.6 is 11.8 Å². The van der Waals surface area contributed by atoms with E-state index in [-0.39, 0.29) is 23.6 Å². The van der Waals surface area contributed by atoms with Crippen molar-refractivity contribution in [1.82, 2.24) is 5.32 Å². The highest BCUT2D eigenvalue weighted by Gasteiger charge is 2.23. The molecule has 0 saturated heterocycles. The topological polar surface area (TPSA) is 62.5 Å². The quantitative estimate of drug-likeness (QED) is 0.777. The molecule has 1 heterocycles. The molecule has 5 heteroatoms. The van der Waals surface area contributed by atoms with E-state index >= 15 is 0 Å². The zero-order valence-corrected chi connectivity index (χ0v) is 14.3. The Kier molecular flexibility index (Phi) is 6.74. The van der Waals surface area contributed by atoms with Crippen LogP contribution in [-0.2, 0) is 10.5 Å². The average molecular weight is 333 g/mol. The zero-order chi connectivity index (χ0) is 16.7. The van der Waals surface area contributed by atoms with E-state index in [2.05, 4.69) is 17.4 Å². The van der Waals surface area contributed by atoms with Gasteiger partial charge in [-0.05, 0) is 23.6 Å². The van der Waals surface area contributed by atoms with Crippen LogP contribution in [-0.4, -0.2) is 22.8 Å². The molecular weight excluding hydrogens is 310 g/mol. The summed E-state index contributed by atoms with van der Waals surface area (Å²) in [5, 5.41) is 12.6. The summed E-state index contributed by atoms with van der Waals surface area (Å²) in [5.41, 5.74) is 1.20. The molecule has 2 rings (SSSR count). The van der Waals surface area contributed by atoms with Gasteiger partial charge in [0, 0.05) is 5.75 Å². The number of hydrogen-bond donors (Lipinski definition) is 2. The van der Waals surface area contributed by atoms with Crippen LogP contribution in [0.1, 0.15) is 31.3 Å². The first-order valence-corrected chi connectivity index (χ1v) is 8.77. The van der Waals surface area contributed by atoms with Gasteiger partial charge in [0.25, 0.3) is 0 Å². The molecule has 2 unspecified atom stereocenters. The number of carbonyl (C=O) groups is 1. The average Bonchev–Trinajstić information content (AvgIpc) is 3.08. The van der Waals surface area contributed by atoms with Crippen molar-refractivity contribution >= 4 is 17.7 Å². The molecule has 0 aliphatic carbocycles. The van der Waals surface area contributed by atoms with Crippen LogP contribution in [0.15, 0.2) is 53.1 Å². The van der Waals surface area contributed by atoms with E-state index in [0.29, 0.717) is 5.76 Å². The lowest BCUT2D eigenvalue weighted by atomic mass is 10.1. The van der Waals surface area contributed by atoms with Crippen molar-refractivity contribution < 1.29 is 14.3 Å². The number of rotatable bonds is 8. The lowest BCUT2D eigenvalue weighted by molar-refractivity contribution is -0.121. The highest BCUT2D eigenvalue weighted by molar-refractivity contribution is 7.99. The summed E-state index contributed by atoms with van der Waals surface area (Å²) in [7, 11) is 0. The van der Waals surface area contributed by atoms with Crippen LogP contribution in [0.25, 0.3) is 0 Å². The van der Waals surface area contributed by atoms with Crippen molar-refractivity contribution in [3.05, 3.63) is 60.1 Å². The van der Waals surface area contributed by atoms with E-state index in [4.69, 9.17) is 4.42 Å². The molecule has 124 valence electrons. The highest BCUT2D eigenvalue weighted by Crippen LogP contribution is 2.24. The first-order valence-electron chi connectivity index (χ1n) is 7.72. The SMILES string of the molecule is CC(C)C(SCc1ccccc1)C(=O)NCC(O)c1ccco1. The van der Waals surface area contributed by atoms with Gasteiger partial charge in [0.2, 0.25) is 5.91 Å². The number of thioether (sulfide) groups is 1. The van der Waals surface area contributed by atoms with Crippen LogP contribution < -0.4 is 5.32 Å². The van der Waals surface area contributed by atoms with Gasteiger partial charge in [-0.1, -0.05) is 44.2 Å². The van der Waals surface area contributed by atoms with Crippen LogP contribution in [0.4, 0.5) is 0 Å². The Morgan fingerprint density at radius 2 is 1.96 bits per heavy atom. The molecule has 1 aromatic carbocycles. The lowest BCUT2D eigenvalue weighted by Crippen LogP contribution is -2.38. The Labute approximate surface area is 141 Å². The van der Waals surface area contributed by atoms with Crippen molar-refractivity contribution in [3.63, 3.8) is 0 Å². The van der Waals surface area contributed by atoms with Crippen LogP contribution in [0.2, 0.25) is 0 Å². The van der Waals surface area contributed by atoms with Crippen molar-refractivity contribution in [1.29, 1.82) is 0 Å². The number of aliphatic hydroxyl groups is 1. The summed E-state index contributed by atoms with van der Waals surface area (Å²) in [4.78, 5) is 12.4. The fourth-order valence-corrected chi connectivity index (χ4v) is 3.39. The molecule has 0 aliphatic heterocycles. The number of benzene rings is 1. The van der Waals surface area contributed by atoms with Gasteiger partial charge in [-0.15, -0.1) is 11.8 Å².